The van der Waals surface area contributed by atoms with Crippen molar-refractivity contribution in [2.45, 2.75) is 25.2 Å². The first-order valence-corrected chi connectivity index (χ1v) is 8.05. The molecule has 0 aliphatic carbocycles. The molecule has 3 heterocycles. The van der Waals surface area contributed by atoms with Crippen LogP contribution in [0, 0.1) is 5.82 Å². The van der Waals surface area contributed by atoms with Crippen molar-refractivity contribution in [3.05, 3.63) is 53.9 Å². The number of likely N-dealkylation sites (tertiary alicyclic amines) is 1. The summed E-state index contributed by atoms with van der Waals surface area (Å²) in [5.74, 6) is 0.626. The molecule has 24 heavy (non-hydrogen) atoms. The topological polar surface area (TPSA) is 61.5 Å². The Labute approximate surface area is 139 Å². The number of nitrogens with zero attached hydrogens (tertiary/aromatic N) is 3. The van der Waals surface area contributed by atoms with Crippen molar-refractivity contribution >= 4 is 5.91 Å². The highest BCUT2D eigenvalue weighted by Crippen LogP contribution is 2.26. The van der Waals surface area contributed by atoms with Gasteiger partial charge in [-0.3, -0.25) is 9.69 Å². The molecule has 1 aromatic carbocycles. The molecule has 2 aromatic rings. The Balaban J connectivity index is 1.47. The van der Waals surface area contributed by atoms with Gasteiger partial charge in [-0.1, -0.05) is 12.1 Å². The number of benzene rings is 1. The van der Waals surface area contributed by atoms with Gasteiger partial charge >= 0.3 is 0 Å². The third-order valence-corrected chi connectivity index (χ3v) is 4.65. The van der Waals surface area contributed by atoms with Crippen molar-refractivity contribution in [2.24, 2.45) is 0 Å². The molecule has 1 aromatic heterocycles. The SMILES string of the molecule is O=C1COC2CN(Cc3ncc[nH]3)CC2N1Cc1ccc(F)cc1. The number of nitrogens with one attached hydrogen (secondary N) is 1. The maximum absolute atomic E-state index is 13.1. The van der Waals surface area contributed by atoms with Crippen LogP contribution in [0.25, 0.3) is 0 Å². The van der Waals surface area contributed by atoms with Crippen LogP contribution in [0.1, 0.15) is 11.4 Å². The summed E-state index contributed by atoms with van der Waals surface area (Å²) in [6.07, 6.45) is 3.55. The minimum atomic E-state index is -0.268. The molecular weight excluding hydrogens is 311 g/mol. The Kier molecular flexibility index (Phi) is 4.03. The van der Waals surface area contributed by atoms with Crippen molar-refractivity contribution in [3.63, 3.8) is 0 Å². The maximum Gasteiger partial charge on any atom is 0.249 e. The second-order valence-electron chi connectivity index (χ2n) is 6.29. The molecule has 2 aliphatic rings. The van der Waals surface area contributed by atoms with Gasteiger partial charge in [-0.2, -0.15) is 0 Å². The number of ether oxygens (including phenoxy) is 1. The first kappa shape index (κ1) is 15.3. The van der Waals surface area contributed by atoms with Gasteiger partial charge in [0.15, 0.2) is 0 Å². The van der Waals surface area contributed by atoms with E-state index >= 15 is 0 Å². The lowest BCUT2D eigenvalue weighted by Gasteiger charge is -2.36. The molecule has 2 fully saturated rings. The Morgan fingerprint density at radius 1 is 1.25 bits per heavy atom. The number of amides is 1. The molecule has 126 valence electrons. The van der Waals surface area contributed by atoms with Crippen LogP contribution in [0.2, 0.25) is 0 Å². The van der Waals surface area contributed by atoms with E-state index in [1.807, 2.05) is 4.90 Å². The minimum Gasteiger partial charge on any atom is -0.365 e. The van der Waals surface area contributed by atoms with Crippen molar-refractivity contribution in [1.29, 1.82) is 0 Å². The second kappa shape index (κ2) is 6.33. The van der Waals surface area contributed by atoms with Gasteiger partial charge in [0, 0.05) is 32.0 Å². The zero-order valence-corrected chi connectivity index (χ0v) is 13.2. The molecule has 2 unspecified atom stereocenters. The molecule has 0 radical (unpaired) electrons. The fourth-order valence-electron chi connectivity index (χ4n) is 3.46. The Bertz CT molecular complexity index is 704. The molecule has 0 spiro atoms. The van der Waals surface area contributed by atoms with E-state index < -0.39 is 0 Å². The lowest BCUT2D eigenvalue weighted by molar-refractivity contribution is -0.153. The molecule has 0 bridgehead atoms. The highest BCUT2D eigenvalue weighted by molar-refractivity contribution is 5.78. The van der Waals surface area contributed by atoms with Gasteiger partial charge in [0.2, 0.25) is 5.91 Å². The summed E-state index contributed by atoms with van der Waals surface area (Å²) in [6, 6.07) is 6.32. The number of aromatic amines is 1. The van der Waals surface area contributed by atoms with Crippen LogP contribution in [-0.2, 0) is 22.6 Å². The van der Waals surface area contributed by atoms with Crippen LogP contribution in [0.3, 0.4) is 0 Å². The number of hydrogen-bond acceptors (Lipinski definition) is 4. The van der Waals surface area contributed by atoms with Crippen molar-refractivity contribution in [2.75, 3.05) is 19.7 Å². The van der Waals surface area contributed by atoms with Crippen molar-refractivity contribution < 1.29 is 13.9 Å². The number of morpholine rings is 1. The second-order valence-corrected chi connectivity index (χ2v) is 6.29. The summed E-state index contributed by atoms with van der Waals surface area (Å²) < 4.78 is 18.8. The van der Waals surface area contributed by atoms with E-state index in [2.05, 4.69) is 14.9 Å². The predicted molar refractivity (Wildman–Crippen MR) is 84.3 cm³/mol. The molecule has 7 heteroatoms. The average molecular weight is 330 g/mol. The van der Waals surface area contributed by atoms with E-state index in [1.165, 1.54) is 12.1 Å². The first-order chi connectivity index (χ1) is 11.7. The molecule has 4 rings (SSSR count). The largest absolute Gasteiger partial charge is 0.365 e. The molecular formula is C17H19FN4O2. The van der Waals surface area contributed by atoms with Gasteiger partial charge in [0.25, 0.3) is 0 Å². The van der Waals surface area contributed by atoms with E-state index in [4.69, 9.17) is 4.74 Å². The van der Waals surface area contributed by atoms with Gasteiger partial charge in [-0.15, -0.1) is 0 Å². The quantitative estimate of drug-likeness (QED) is 0.914. The summed E-state index contributed by atoms with van der Waals surface area (Å²) in [6.45, 7) is 2.83. The van der Waals surface area contributed by atoms with E-state index in [9.17, 15) is 9.18 Å². The number of carbonyl (C=O) groups excluding carboxylic acids is 1. The van der Waals surface area contributed by atoms with Crippen LogP contribution in [0.15, 0.2) is 36.7 Å². The van der Waals surface area contributed by atoms with Gasteiger partial charge in [-0.25, -0.2) is 9.37 Å². The van der Waals surface area contributed by atoms with Crippen LogP contribution < -0.4 is 0 Å². The van der Waals surface area contributed by atoms with Gasteiger partial charge in [-0.05, 0) is 17.7 Å². The Morgan fingerprint density at radius 2 is 2.08 bits per heavy atom. The zero-order valence-electron chi connectivity index (χ0n) is 13.2. The normalized spacial score (nSPS) is 24.4. The number of aromatic nitrogens is 2. The highest BCUT2D eigenvalue weighted by Gasteiger charge is 2.43. The predicted octanol–water partition coefficient (Wildman–Crippen LogP) is 1.16. The molecule has 2 aliphatic heterocycles. The van der Waals surface area contributed by atoms with Crippen LogP contribution in [-0.4, -0.2) is 57.5 Å². The maximum atomic E-state index is 13.1. The third-order valence-electron chi connectivity index (χ3n) is 4.65. The first-order valence-electron chi connectivity index (χ1n) is 8.05. The number of halogens is 1. The summed E-state index contributed by atoms with van der Waals surface area (Å²) in [5.41, 5.74) is 0.926. The number of rotatable bonds is 4. The zero-order chi connectivity index (χ0) is 16.5. The van der Waals surface area contributed by atoms with E-state index in [0.717, 1.165) is 24.5 Å². The van der Waals surface area contributed by atoms with Gasteiger partial charge in [0.1, 0.15) is 18.2 Å². The Morgan fingerprint density at radius 3 is 2.83 bits per heavy atom. The number of carbonyl (C=O) groups is 1. The minimum absolute atomic E-state index is 0.0121. The lowest BCUT2D eigenvalue weighted by atomic mass is 10.1. The van der Waals surface area contributed by atoms with Gasteiger partial charge < -0.3 is 14.6 Å². The summed E-state index contributed by atoms with van der Waals surface area (Å²) in [4.78, 5) is 23.8. The molecule has 2 saturated heterocycles. The highest BCUT2D eigenvalue weighted by atomic mass is 19.1. The third kappa shape index (κ3) is 3.05. The smallest absolute Gasteiger partial charge is 0.249 e. The van der Waals surface area contributed by atoms with Gasteiger partial charge in [0.05, 0.1) is 18.7 Å². The molecule has 0 saturated carbocycles. The Hall–Kier alpha value is -2.25. The van der Waals surface area contributed by atoms with Crippen molar-refractivity contribution in [3.8, 4) is 0 Å². The van der Waals surface area contributed by atoms with Crippen LogP contribution in [0.4, 0.5) is 4.39 Å². The number of fused-ring (bicyclic) bond motifs is 1. The number of imidazole rings is 1. The summed E-state index contributed by atoms with van der Waals surface area (Å²) in [5, 5.41) is 0. The lowest BCUT2D eigenvalue weighted by Crippen LogP contribution is -2.53. The number of H-pyrrole nitrogens is 1. The molecule has 1 N–H and O–H groups in total. The monoisotopic (exact) mass is 330 g/mol. The number of hydrogen-bond donors (Lipinski definition) is 1. The fourth-order valence-corrected chi connectivity index (χ4v) is 3.46. The van der Waals surface area contributed by atoms with E-state index in [0.29, 0.717) is 13.1 Å². The van der Waals surface area contributed by atoms with Crippen LogP contribution >= 0.6 is 0 Å². The van der Waals surface area contributed by atoms with Crippen molar-refractivity contribution in [1.82, 2.24) is 19.8 Å². The molecule has 2 atom stereocenters. The summed E-state index contributed by atoms with van der Waals surface area (Å²) >= 11 is 0. The fraction of sp³-hybridized carbons (Fsp3) is 0.412. The average Bonchev–Trinajstić information content (AvgIpc) is 3.22. The molecule has 6 nitrogen and oxygen atoms in total. The molecule has 1 amide bonds. The van der Waals surface area contributed by atoms with E-state index in [1.54, 1.807) is 24.5 Å². The van der Waals surface area contributed by atoms with E-state index in [-0.39, 0.29) is 30.5 Å². The summed E-state index contributed by atoms with van der Waals surface area (Å²) in [7, 11) is 0. The van der Waals surface area contributed by atoms with Crippen LogP contribution in [0.5, 0.6) is 0 Å². The standard InChI is InChI=1S/C17H19FN4O2/c18-13-3-1-12(2-4-13)7-22-14-8-21(10-16-19-5-6-20-16)9-15(14)24-11-17(22)23/h1-6,14-15H,7-11H2,(H,19,20).